The zero-order valence-electron chi connectivity index (χ0n) is 15.7. The lowest BCUT2D eigenvalue weighted by Crippen LogP contribution is -2.32. The summed E-state index contributed by atoms with van der Waals surface area (Å²) in [6, 6.07) is 13.2. The number of nitrogens with zero attached hydrogens (tertiary/aromatic N) is 1. The van der Waals surface area contributed by atoms with E-state index in [-0.39, 0.29) is 24.2 Å². The first-order chi connectivity index (χ1) is 12.3. The predicted molar refractivity (Wildman–Crippen MR) is 108 cm³/mol. The Morgan fingerprint density at radius 2 is 1.85 bits per heavy atom. The SMILES string of the molecule is CC(=O)N(CCC(=O)Nc1cc(Cl)ccc1C)c1ccccc1C(C)C. The van der Waals surface area contributed by atoms with Crippen LogP contribution >= 0.6 is 11.6 Å². The minimum Gasteiger partial charge on any atom is -0.326 e. The van der Waals surface area contributed by atoms with Crippen molar-refractivity contribution in [3.05, 3.63) is 58.6 Å². The van der Waals surface area contributed by atoms with Crippen molar-refractivity contribution < 1.29 is 9.59 Å². The van der Waals surface area contributed by atoms with E-state index in [0.29, 0.717) is 17.3 Å². The summed E-state index contributed by atoms with van der Waals surface area (Å²) in [7, 11) is 0. The van der Waals surface area contributed by atoms with Crippen LogP contribution in [0.1, 0.15) is 44.2 Å². The standard InChI is InChI=1S/C21H25ClN2O2/c1-14(2)18-7-5-6-8-20(18)24(16(4)25)12-11-21(26)23-19-13-17(22)10-9-15(19)3/h5-10,13-14H,11-12H2,1-4H3,(H,23,26). The van der Waals surface area contributed by atoms with Gasteiger partial charge in [0.2, 0.25) is 11.8 Å². The predicted octanol–water partition coefficient (Wildman–Crippen LogP) is 5.15. The fraction of sp³-hybridized carbons (Fsp3) is 0.333. The first-order valence-corrected chi connectivity index (χ1v) is 9.10. The third-order valence-electron chi connectivity index (χ3n) is 4.27. The van der Waals surface area contributed by atoms with Gasteiger partial charge < -0.3 is 10.2 Å². The average Bonchev–Trinajstić information content (AvgIpc) is 2.58. The Morgan fingerprint density at radius 3 is 2.50 bits per heavy atom. The minimum atomic E-state index is -0.149. The second-order valence-corrected chi connectivity index (χ2v) is 7.08. The molecule has 2 amide bonds. The van der Waals surface area contributed by atoms with Gasteiger partial charge in [-0.15, -0.1) is 0 Å². The maximum absolute atomic E-state index is 12.4. The Kier molecular flexibility index (Phi) is 6.81. The van der Waals surface area contributed by atoms with Gasteiger partial charge in [-0.1, -0.05) is 49.7 Å². The van der Waals surface area contributed by atoms with Gasteiger partial charge in [0.05, 0.1) is 0 Å². The zero-order chi connectivity index (χ0) is 19.3. The summed E-state index contributed by atoms with van der Waals surface area (Å²) in [6.07, 6.45) is 0.206. The molecule has 26 heavy (non-hydrogen) atoms. The number of hydrogen-bond donors (Lipinski definition) is 1. The lowest BCUT2D eigenvalue weighted by atomic mass is 10.0. The number of amides is 2. The van der Waals surface area contributed by atoms with E-state index in [2.05, 4.69) is 19.2 Å². The highest BCUT2D eigenvalue weighted by molar-refractivity contribution is 6.31. The fourth-order valence-electron chi connectivity index (χ4n) is 2.82. The quantitative estimate of drug-likeness (QED) is 0.761. The molecule has 138 valence electrons. The van der Waals surface area contributed by atoms with Crippen LogP contribution in [0.3, 0.4) is 0 Å². The molecule has 2 aromatic rings. The van der Waals surface area contributed by atoms with Crippen LogP contribution in [0, 0.1) is 6.92 Å². The van der Waals surface area contributed by atoms with Crippen LogP contribution in [0.5, 0.6) is 0 Å². The van der Waals surface area contributed by atoms with Crippen molar-refractivity contribution in [2.45, 2.75) is 40.0 Å². The Morgan fingerprint density at radius 1 is 1.15 bits per heavy atom. The molecule has 2 aromatic carbocycles. The smallest absolute Gasteiger partial charge is 0.226 e. The number of halogens is 1. The van der Waals surface area contributed by atoms with E-state index in [1.807, 2.05) is 37.3 Å². The van der Waals surface area contributed by atoms with Crippen molar-refractivity contribution in [2.24, 2.45) is 0 Å². The van der Waals surface area contributed by atoms with Crippen molar-refractivity contribution in [3.63, 3.8) is 0 Å². The van der Waals surface area contributed by atoms with E-state index in [4.69, 9.17) is 11.6 Å². The van der Waals surface area contributed by atoms with Gasteiger partial charge in [0.1, 0.15) is 0 Å². The molecule has 0 bridgehead atoms. The molecule has 2 rings (SSSR count). The van der Waals surface area contributed by atoms with Crippen molar-refractivity contribution in [3.8, 4) is 0 Å². The van der Waals surface area contributed by atoms with Crippen LogP contribution < -0.4 is 10.2 Å². The molecule has 4 nitrogen and oxygen atoms in total. The van der Waals surface area contributed by atoms with E-state index in [9.17, 15) is 9.59 Å². The summed E-state index contributed by atoms with van der Waals surface area (Å²) in [5.74, 6) is 0.0597. The van der Waals surface area contributed by atoms with Crippen LogP contribution in [0.2, 0.25) is 5.02 Å². The molecule has 0 aliphatic rings. The highest BCUT2D eigenvalue weighted by Crippen LogP contribution is 2.28. The number of para-hydroxylation sites is 1. The van der Waals surface area contributed by atoms with Crippen LogP contribution in [0.4, 0.5) is 11.4 Å². The van der Waals surface area contributed by atoms with Gasteiger partial charge >= 0.3 is 0 Å². The number of carbonyl (C=O) groups is 2. The van der Waals surface area contributed by atoms with Crippen molar-refractivity contribution >= 4 is 34.8 Å². The molecule has 5 heteroatoms. The molecule has 0 aliphatic carbocycles. The molecule has 0 spiro atoms. The molecular formula is C21H25ClN2O2. The maximum atomic E-state index is 12.4. The maximum Gasteiger partial charge on any atom is 0.226 e. The van der Waals surface area contributed by atoms with Gasteiger partial charge in [0.25, 0.3) is 0 Å². The van der Waals surface area contributed by atoms with Crippen LogP contribution in [-0.4, -0.2) is 18.4 Å². The summed E-state index contributed by atoms with van der Waals surface area (Å²) in [5, 5.41) is 3.44. The molecule has 0 saturated carbocycles. The largest absolute Gasteiger partial charge is 0.326 e. The molecule has 0 radical (unpaired) electrons. The first kappa shape index (κ1) is 20.0. The van der Waals surface area contributed by atoms with Gasteiger partial charge in [-0.25, -0.2) is 0 Å². The minimum absolute atomic E-state index is 0.0789. The Balaban J connectivity index is 2.11. The number of aryl methyl sites for hydroxylation is 1. The molecule has 0 aromatic heterocycles. The van der Waals surface area contributed by atoms with Gasteiger partial charge in [-0.2, -0.15) is 0 Å². The fourth-order valence-corrected chi connectivity index (χ4v) is 3.00. The molecular weight excluding hydrogens is 348 g/mol. The molecule has 0 heterocycles. The average molecular weight is 373 g/mol. The van der Waals surface area contributed by atoms with Gasteiger partial charge in [-0.05, 0) is 42.2 Å². The number of benzene rings is 2. The van der Waals surface area contributed by atoms with Gasteiger partial charge in [-0.3, -0.25) is 9.59 Å². The Bertz CT molecular complexity index is 802. The molecule has 0 unspecified atom stereocenters. The van der Waals surface area contributed by atoms with Gasteiger partial charge in [0, 0.05) is 36.3 Å². The summed E-state index contributed by atoms with van der Waals surface area (Å²) in [5.41, 5.74) is 3.59. The van der Waals surface area contributed by atoms with Crippen molar-refractivity contribution in [1.29, 1.82) is 0 Å². The lowest BCUT2D eigenvalue weighted by Gasteiger charge is -2.25. The molecule has 0 saturated heterocycles. The number of hydrogen-bond acceptors (Lipinski definition) is 2. The highest BCUT2D eigenvalue weighted by atomic mass is 35.5. The van der Waals surface area contributed by atoms with Crippen LogP contribution in [0.25, 0.3) is 0 Å². The topological polar surface area (TPSA) is 49.4 Å². The molecule has 1 N–H and O–H groups in total. The lowest BCUT2D eigenvalue weighted by molar-refractivity contribution is -0.117. The second kappa shape index (κ2) is 8.86. The molecule has 0 fully saturated rings. The molecule has 0 atom stereocenters. The number of carbonyl (C=O) groups excluding carboxylic acids is 2. The van der Waals surface area contributed by atoms with Crippen LogP contribution in [0.15, 0.2) is 42.5 Å². The van der Waals surface area contributed by atoms with Gasteiger partial charge in [0.15, 0.2) is 0 Å². The third kappa shape index (κ3) is 5.09. The summed E-state index contributed by atoms with van der Waals surface area (Å²) < 4.78 is 0. The summed E-state index contributed by atoms with van der Waals surface area (Å²) >= 11 is 5.99. The summed E-state index contributed by atoms with van der Waals surface area (Å²) in [4.78, 5) is 26.2. The first-order valence-electron chi connectivity index (χ1n) is 8.72. The summed E-state index contributed by atoms with van der Waals surface area (Å²) in [6.45, 7) is 7.94. The van der Waals surface area contributed by atoms with Crippen molar-refractivity contribution in [2.75, 3.05) is 16.8 Å². The monoisotopic (exact) mass is 372 g/mol. The normalized spacial score (nSPS) is 10.7. The zero-order valence-corrected chi connectivity index (χ0v) is 16.4. The number of rotatable bonds is 6. The van der Waals surface area contributed by atoms with Crippen LogP contribution in [-0.2, 0) is 9.59 Å². The Hall–Kier alpha value is -2.33. The van der Waals surface area contributed by atoms with E-state index < -0.39 is 0 Å². The molecule has 0 aliphatic heterocycles. The van der Waals surface area contributed by atoms with Crippen molar-refractivity contribution in [1.82, 2.24) is 0 Å². The van der Waals surface area contributed by atoms with E-state index in [1.165, 1.54) is 6.92 Å². The second-order valence-electron chi connectivity index (χ2n) is 6.64. The number of anilines is 2. The highest BCUT2D eigenvalue weighted by Gasteiger charge is 2.18. The van der Waals surface area contributed by atoms with E-state index in [1.54, 1.807) is 17.0 Å². The third-order valence-corrected chi connectivity index (χ3v) is 4.50. The van der Waals surface area contributed by atoms with E-state index in [0.717, 1.165) is 16.8 Å². The Labute approximate surface area is 160 Å². The number of nitrogens with one attached hydrogen (secondary N) is 1. The van der Waals surface area contributed by atoms with E-state index >= 15 is 0 Å².